The number of carbonyl (C=O) groups is 2. The van der Waals surface area contributed by atoms with Crippen molar-refractivity contribution >= 4 is 24.0 Å². The van der Waals surface area contributed by atoms with Gasteiger partial charge < -0.3 is 14.4 Å². The van der Waals surface area contributed by atoms with Gasteiger partial charge in [0.05, 0.1) is 0 Å². The molecule has 21 heavy (non-hydrogen) atoms. The number of unbranched alkanes of at least 4 members (excludes halogenated alkanes) is 1. The molecular formula is C16H22ClNO3. The minimum Gasteiger partial charge on any atom is -0.444 e. The molecule has 0 N–H and O–H groups in total. The van der Waals surface area contributed by atoms with Gasteiger partial charge in [0, 0.05) is 24.5 Å². The Bertz CT molecular complexity index is 465. The van der Waals surface area contributed by atoms with E-state index in [4.69, 9.17) is 16.3 Å². The molecule has 116 valence electrons. The molecule has 0 aromatic heterocycles. The van der Waals surface area contributed by atoms with Gasteiger partial charge in [0.25, 0.3) is 0 Å². The largest absolute Gasteiger partial charge is 0.444 e. The molecule has 0 spiro atoms. The Labute approximate surface area is 131 Å². The van der Waals surface area contributed by atoms with Gasteiger partial charge in [-0.3, -0.25) is 0 Å². The highest BCUT2D eigenvalue weighted by Crippen LogP contribution is 2.15. The maximum Gasteiger partial charge on any atom is 0.410 e. The molecule has 0 radical (unpaired) electrons. The summed E-state index contributed by atoms with van der Waals surface area (Å²) in [6.45, 7) is 6.41. The summed E-state index contributed by atoms with van der Waals surface area (Å²) in [5, 5.41) is 0.656. The molecule has 0 aliphatic heterocycles. The number of ether oxygens (including phenoxy) is 1. The van der Waals surface area contributed by atoms with E-state index in [1.54, 1.807) is 17.0 Å². The average Bonchev–Trinajstić information content (AvgIpc) is 2.38. The van der Waals surface area contributed by atoms with Crippen LogP contribution in [0, 0.1) is 0 Å². The first kappa shape index (κ1) is 17.5. The smallest absolute Gasteiger partial charge is 0.410 e. The maximum atomic E-state index is 12.2. The third kappa shape index (κ3) is 7.14. The quantitative estimate of drug-likeness (QED) is 0.588. The molecule has 0 atom stereocenters. The predicted octanol–water partition coefficient (Wildman–Crippen LogP) is 4.06. The topological polar surface area (TPSA) is 46.6 Å². The van der Waals surface area contributed by atoms with Crippen LogP contribution in [0.1, 0.15) is 39.2 Å². The van der Waals surface area contributed by atoms with Gasteiger partial charge in [-0.25, -0.2) is 4.79 Å². The Morgan fingerprint density at radius 2 is 1.90 bits per heavy atom. The maximum absolute atomic E-state index is 12.2. The standard InChI is InChI=1S/C16H22ClNO3/c1-16(2,3)21-15(20)18(10-4-5-11-19)12-13-6-8-14(17)9-7-13/h6-9,11H,4-5,10,12H2,1-3H3. The molecule has 1 rings (SSSR count). The van der Waals surface area contributed by atoms with E-state index in [1.807, 2.05) is 32.9 Å². The number of aldehydes is 1. The van der Waals surface area contributed by atoms with Crippen LogP contribution in [0.2, 0.25) is 5.02 Å². The van der Waals surface area contributed by atoms with Gasteiger partial charge in [0.1, 0.15) is 11.9 Å². The van der Waals surface area contributed by atoms with Gasteiger partial charge in [-0.15, -0.1) is 0 Å². The van der Waals surface area contributed by atoms with Crippen molar-refractivity contribution in [2.24, 2.45) is 0 Å². The third-order valence-corrected chi connectivity index (χ3v) is 2.94. The summed E-state index contributed by atoms with van der Waals surface area (Å²) >= 11 is 5.86. The van der Waals surface area contributed by atoms with Crippen LogP contribution >= 0.6 is 11.6 Å². The van der Waals surface area contributed by atoms with E-state index in [0.717, 1.165) is 11.8 Å². The van der Waals surface area contributed by atoms with Crippen molar-refractivity contribution in [3.05, 3.63) is 34.9 Å². The van der Waals surface area contributed by atoms with Crippen molar-refractivity contribution < 1.29 is 14.3 Å². The second-order valence-corrected chi connectivity index (χ2v) is 6.27. The van der Waals surface area contributed by atoms with Crippen LogP contribution in [-0.2, 0) is 16.1 Å². The number of rotatable bonds is 6. The fourth-order valence-corrected chi connectivity index (χ4v) is 1.86. The summed E-state index contributed by atoms with van der Waals surface area (Å²) in [6.07, 6.45) is 1.54. The zero-order chi connectivity index (χ0) is 15.9. The molecule has 0 aliphatic rings. The average molecular weight is 312 g/mol. The molecule has 0 aliphatic carbocycles. The van der Waals surface area contributed by atoms with Crippen LogP contribution in [0.5, 0.6) is 0 Å². The number of nitrogens with zero attached hydrogens (tertiary/aromatic N) is 1. The lowest BCUT2D eigenvalue weighted by Crippen LogP contribution is -2.37. The normalized spacial score (nSPS) is 11.0. The van der Waals surface area contributed by atoms with E-state index in [1.165, 1.54) is 0 Å². The molecule has 0 heterocycles. The Kier molecular flexibility index (Phi) is 6.69. The van der Waals surface area contributed by atoms with E-state index in [0.29, 0.717) is 31.0 Å². The molecule has 4 nitrogen and oxygen atoms in total. The van der Waals surface area contributed by atoms with Gasteiger partial charge in [-0.2, -0.15) is 0 Å². The highest BCUT2D eigenvalue weighted by atomic mass is 35.5. The van der Waals surface area contributed by atoms with Crippen LogP contribution in [0.4, 0.5) is 4.79 Å². The molecule has 1 amide bonds. The molecular weight excluding hydrogens is 290 g/mol. The second-order valence-electron chi connectivity index (χ2n) is 5.84. The van der Waals surface area contributed by atoms with Crippen molar-refractivity contribution in [2.75, 3.05) is 6.54 Å². The highest BCUT2D eigenvalue weighted by molar-refractivity contribution is 6.30. The number of amides is 1. The van der Waals surface area contributed by atoms with Crippen molar-refractivity contribution in [3.63, 3.8) is 0 Å². The van der Waals surface area contributed by atoms with Gasteiger partial charge in [0.15, 0.2) is 0 Å². The lowest BCUT2D eigenvalue weighted by Gasteiger charge is -2.27. The number of hydrogen-bond donors (Lipinski definition) is 0. The lowest BCUT2D eigenvalue weighted by molar-refractivity contribution is -0.108. The number of carbonyl (C=O) groups excluding carboxylic acids is 2. The summed E-state index contributed by atoms with van der Waals surface area (Å²) in [6, 6.07) is 7.32. The van der Waals surface area contributed by atoms with E-state index in [2.05, 4.69) is 0 Å². The van der Waals surface area contributed by atoms with Crippen molar-refractivity contribution in [1.29, 1.82) is 0 Å². The fraction of sp³-hybridized carbons (Fsp3) is 0.500. The summed E-state index contributed by atoms with van der Waals surface area (Å²) < 4.78 is 5.40. The minimum absolute atomic E-state index is 0.372. The van der Waals surface area contributed by atoms with Gasteiger partial charge >= 0.3 is 6.09 Å². The van der Waals surface area contributed by atoms with Crippen LogP contribution < -0.4 is 0 Å². The first-order valence-corrected chi connectivity index (χ1v) is 7.35. The second kappa shape index (κ2) is 8.03. The van der Waals surface area contributed by atoms with Crippen LogP contribution in [0.15, 0.2) is 24.3 Å². The van der Waals surface area contributed by atoms with Gasteiger partial charge in [0.2, 0.25) is 0 Å². The molecule has 0 saturated heterocycles. The Morgan fingerprint density at radius 1 is 1.29 bits per heavy atom. The lowest BCUT2D eigenvalue weighted by atomic mass is 10.2. The first-order chi connectivity index (χ1) is 9.81. The summed E-state index contributed by atoms with van der Waals surface area (Å²) in [5.74, 6) is 0. The molecule has 0 unspecified atom stereocenters. The van der Waals surface area contributed by atoms with Crippen molar-refractivity contribution in [2.45, 2.75) is 45.8 Å². The molecule has 5 heteroatoms. The Hall–Kier alpha value is -1.55. The SMILES string of the molecule is CC(C)(C)OC(=O)N(CCCC=O)Cc1ccc(Cl)cc1. The van der Waals surface area contributed by atoms with Crippen molar-refractivity contribution in [3.8, 4) is 0 Å². The van der Waals surface area contributed by atoms with Gasteiger partial charge in [-0.05, 0) is 44.9 Å². The van der Waals surface area contributed by atoms with Gasteiger partial charge in [-0.1, -0.05) is 23.7 Å². The zero-order valence-electron chi connectivity index (χ0n) is 12.8. The number of benzene rings is 1. The van der Waals surface area contributed by atoms with Crippen molar-refractivity contribution in [1.82, 2.24) is 4.90 Å². The van der Waals surface area contributed by atoms with Crippen LogP contribution in [-0.4, -0.2) is 29.4 Å². The summed E-state index contributed by atoms with van der Waals surface area (Å²) in [4.78, 5) is 24.3. The predicted molar refractivity (Wildman–Crippen MR) is 83.4 cm³/mol. The Morgan fingerprint density at radius 3 is 2.43 bits per heavy atom. The van der Waals surface area contributed by atoms with Crippen LogP contribution in [0.25, 0.3) is 0 Å². The molecule has 0 bridgehead atoms. The molecule has 0 saturated carbocycles. The van der Waals surface area contributed by atoms with E-state index >= 15 is 0 Å². The van der Waals surface area contributed by atoms with E-state index in [9.17, 15) is 9.59 Å². The minimum atomic E-state index is -0.542. The number of hydrogen-bond acceptors (Lipinski definition) is 3. The first-order valence-electron chi connectivity index (χ1n) is 6.98. The summed E-state index contributed by atoms with van der Waals surface area (Å²) in [7, 11) is 0. The zero-order valence-corrected chi connectivity index (χ0v) is 13.5. The molecule has 1 aromatic carbocycles. The third-order valence-electron chi connectivity index (χ3n) is 2.69. The molecule has 1 aromatic rings. The number of halogens is 1. The molecule has 0 fully saturated rings. The summed E-state index contributed by atoms with van der Waals surface area (Å²) in [5.41, 5.74) is 0.427. The highest BCUT2D eigenvalue weighted by Gasteiger charge is 2.22. The fourth-order valence-electron chi connectivity index (χ4n) is 1.74. The van der Waals surface area contributed by atoms with Crippen LogP contribution in [0.3, 0.4) is 0 Å². The van der Waals surface area contributed by atoms with E-state index < -0.39 is 5.60 Å². The van der Waals surface area contributed by atoms with E-state index in [-0.39, 0.29) is 6.09 Å². The monoisotopic (exact) mass is 311 g/mol. The Balaban J connectivity index is 2.73.